The Hall–Kier alpha value is 0.0545. The first-order valence-corrected chi connectivity index (χ1v) is 10.7. The molecule has 0 bridgehead atoms. The van der Waals surface area contributed by atoms with Crippen LogP contribution in [0.5, 0.6) is 0 Å². The minimum absolute atomic E-state index is 0. The van der Waals surface area contributed by atoms with E-state index in [4.69, 9.17) is 78.1 Å². The summed E-state index contributed by atoms with van der Waals surface area (Å²) in [6, 6.07) is 0. The fourth-order valence-electron chi connectivity index (χ4n) is 0. The Morgan fingerprint density at radius 1 is 0.462 bits per heavy atom. The molecular weight excluding hydrogens is 692 g/mol. The van der Waals surface area contributed by atoms with Gasteiger partial charge in [0.1, 0.15) is 0 Å². The van der Waals surface area contributed by atoms with Crippen LogP contribution in [0.2, 0.25) is 0 Å². The van der Waals surface area contributed by atoms with Gasteiger partial charge in [0.05, 0.1) is 5.09 Å². The standard InChI is InChI=1S/Ce.4Mn.NO3.N.16O/c;;;;;2-1(3)4;;;;;;;;;;;;;;;;;/q+4;;;;;-1;+1;;;;;;;;;;;;;4*-1. The first-order chi connectivity index (χ1) is 9.73. The third kappa shape index (κ3) is 4300000. The summed E-state index contributed by atoms with van der Waals surface area (Å²) in [5, 5.41) is 14.8. The van der Waals surface area contributed by atoms with Crippen LogP contribution in [0.25, 0.3) is 0 Å². The Balaban J connectivity index is -0.0000000341. The molecular formula is CeMn4N2O19. The summed E-state index contributed by atoms with van der Waals surface area (Å²) < 4.78 is 137. The molecule has 0 aliphatic rings. The molecule has 0 amide bonds. The molecule has 0 N–H and O–H groups in total. The molecule has 156 valence electrons. The molecule has 0 aromatic rings. The van der Waals surface area contributed by atoms with Crippen LogP contribution in [-0.4, -0.2) is 5.09 Å². The fraction of sp³-hybridized carbons (Fsp3) is 0. The van der Waals surface area contributed by atoms with Gasteiger partial charge in [-0.1, -0.05) is 0 Å². The van der Waals surface area contributed by atoms with Crippen molar-refractivity contribution in [2.45, 2.75) is 0 Å². The van der Waals surface area contributed by atoms with E-state index in [2.05, 4.69) is 0 Å². The van der Waals surface area contributed by atoms with Crippen LogP contribution in [-0.2, 0) is 97.9 Å². The number of rotatable bonds is 0. The van der Waals surface area contributed by atoms with Gasteiger partial charge in [-0.2, -0.15) is 0 Å². The summed E-state index contributed by atoms with van der Waals surface area (Å²) >= 11 is -22.5. The molecule has 0 atom stereocenters. The van der Waals surface area contributed by atoms with Gasteiger partial charge in [-0.05, 0) is 0 Å². The van der Waals surface area contributed by atoms with Crippen molar-refractivity contribution in [3.8, 4) is 0 Å². The molecule has 0 rings (SSSR count). The molecule has 0 heterocycles. The molecule has 0 unspecified atom stereocenters. The fourth-order valence-corrected chi connectivity index (χ4v) is 0. The molecule has 26 heteroatoms. The van der Waals surface area contributed by atoms with Crippen LogP contribution >= 0.6 is 0 Å². The van der Waals surface area contributed by atoms with Crippen LogP contribution in [0, 0.1) is 57.1 Å². The molecule has 0 saturated carbocycles. The van der Waals surface area contributed by atoms with Crippen LogP contribution in [0.15, 0.2) is 0 Å². The average Bonchev–Trinajstić information content (AvgIpc) is 1.82. The maximum atomic E-state index is 8.58. The van der Waals surface area contributed by atoms with Crippen LogP contribution < -0.4 is 22.9 Å². The van der Waals surface area contributed by atoms with E-state index in [1.807, 2.05) is 0 Å². The van der Waals surface area contributed by atoms with Gasteiger partial charge in [0.15, 0.2) is 0 Å². The number of hydrogen-bond acceptors (Lipinski definition) is 19. The van der Waals surface area contributed by atoms with Crippen molar-refractivity contribution in [2.75, 3.05) is 0 Å². The third-order valence-corrected chi connectivity index (χ3v) is 0. The first kappa shape index (κ1) is 45.0. The maximum absolute atomic E-state index is 8.58. The topological polar surface area (TPSA) is 394 Å². The first-order valence-electron chi connectivity index (χ1n) is 3.02. The molecule has 21 nitrogen and oxygen atoms in total. The summed E-state index contributed by atoms with van der Waals surface area (Å²) in [5.41, 5.74) is 0. The Morgan fingerprint density at radius 3 is 0.462 bits per heavy atom. The Labute approximate surface area is 181 Å². The zero-order chi connectivity index (χ0) is 21.6. The molecule has 0 aliphatic carbocycles. The van der Waals surface area contributed by atoms with E-state index in [1.54, 1.807) is 0 Å². The Kier molecular flexibility index (Phi) is 34.3. The summed E-state index contributed by atoms with van der Waals surface area (Å²) in [6.45, 7) is 0. The van der Waals surface area contributed by atoms with Gasteiger partial charge in [0.25, 0.3) is 0 Å². The molecule has 0 aromatic carbocycles. The van der Waals surface area contributed by atoms with Gasteiger partial charge in [0, 0.05) is 0 Å². The Bertz CT molecular complexity index is 771. The minimum atomic E-state index is -5.62. The zero-order valence-electron chi connectivity index (χ0n) is 10.7. The van der Waals surface area contributed by atoms with Gasteiger partial charge in [-0.3, -0.25) is 0 Å². The zero-order valence-corrected chi connectivity index (χ0v) is 18.5. The molecule has 4 radical (unpaired) electrons. The van der Waals surface area contributed by atoms with Gasteiger partial charge in [-0.15, -0.1) is 0 Å². The second kappa shape index (κ2) is 19.8. The van der Waals surface area contributed by atoms with Crippen molar-refractivity contribution in [1.29, 1.82) is 0 Å². The predicted molar refractivity (Wildman–Crippen MR) is 20.7 cm³/mol. The van der Waals surface area contributed by atoms with E-state index in [-0.39, 0.29) is 47.9 Å². The van der Waals surface area contributed by atoms with Crippen LogP contribution in [0.1, 0.15) is 0 Å². The number of nitrogens with zero attached hydrogens (tertiary/aromatic N) is 2. The van der Waals surface area contributed by atoms with Crippen molar-refractivity contribution < 1.29 is 161 Å². The van der Waals surface area contributed by atoms with E-state index in [0.29, 0.717) is 0 Å². The van der Waals surface area contributed by atoms with Crippen molar-refractivity contribution in [1.82, 2.24) is 6.15 Å². The summed E-state index contributed by atoms with van der Waals surface area (Å²) in [6.07, 6.45) is 0. The third-order valence-electron chi connectivity index (χ3n) is 0. The summed E-state index contributed by atoms with van der Waals surface area (Å²) in [7, 11) is 0. The van der Waals surface area contributed by atoms with Crippen LogP contribution in [0.4, 0.5) is 0 Å². The van der Waals surface area contributed by atoms with Gasteiger partial charge < -0.3 is 15.3 Å². The van der Waals surface area contributed by atoms with Crippen molar-refractivity contribution in [2.24, 2.45) is 0 Å². The van der Waals surface area contributed by atoms with Crippen LogP contribution in [0.3, 0.4) is 0 Å². The van der Waals surface area contributed by atoms with E-state index < -0.39 is 57.0 Å². The molecule has 0 aromatic heterocycles. The quantitative estimate of drug-likeness (QED) is 0.129. The molecule has 0 aliphatic heterocycles. The van der Waals surface area contributed by atoms with Gasteiger partial charge in [-0.25, -0.2) is 0 Å². The van der Waals surface area contributed by atoms with Gasteiger partial charge in [0.2, 0.25) is 0 Å². The molecule has 0 fully saturated rings. The summed E-state index contributed by atoms with van der Waals surface area (Å²) in [5.74, 6) is 0. The Morgan fingerprint density at radius 2 is 0.462 bits per heavy atom. The van der Waals surface area contributed by atoms with E-state index in [1.165, 1.54) is 0 Å². The van der Waals surface area contributed by atoms with Crippen molar-refractivity contribution in [3.63, 3.8) is 0 Å². The van der Waals surface area contributed by atoms with Gasteiger partial charge >= 0.3 is 163 Å². The normalized spacial score (nSPS) is 9.69. The SMILES string of the molecule is O=[N+]([O-])[O-].[Ce+4].[N+].[O]=[Mn](=[O])(=[O])[O-].[O]=[Mn](=[O])(=[O])[O-].[O]=[Mn](=[O])(=[O])[O-].[O]=[Mn](=[O])(=[O])[O-]. The second-order valence-electron chi connectivity index (χ2n) is 1.74. The van der Waals surface area contributed by atoms with Crippen molar-refractivity contribution in [3.05, 3.63) is 15.3 Å². The predicted octanol–water partition coefficient (Wildman–Crippen LogP) is -6.91. The van der Waals surface area contributed by atoms with E-state index in [0.717, 1.165) is 0 Å². The monoisotopic (exact) mass is 692 g/mol. The van der Waals surface area contributed by atoms with E-state index >= 15 is 0 Å². The van der Waals surface area contributed by atoms with E-state index in [9.17, 15) is 0 Å². The molecule has 0 spiro atoms. The number of hydrogen-bond donors (Lipinski definition) is 0. The average molecular weight is 692 g/mol. The second-order valence-corrected chi connectivity index (χ2v) is 6.46. The molecule has 26 heavy (non-hydrogen) atoms. The summed E-state index contributed by atoms with van der Waals surface area (Å²) in [4.78, 5) is 8.25. The van der Waals surface area contributed by atoms with Crippen molar-refractivity contribution >= 4 is 0 Å². The molecule has 0 saturated heterocycles.